The van der Waals surface area contributed by atoms with E-state index in [2.05, 4.69) is 5.32 Å². The summed E-state index contributed by atoms with van der Waals surface area (Å²) in [6.45, 7) is 1.75. The van der Waals surface area contributed by atoms with E-state index in [0.717, 1.165) is 5.56 Å². The number of rotatable bonds is 2. The summed E-state index contributed by atoms with van der Waals surface area (Å²) in [7, 11) is 0. The van der Waals surface area contributed by atoms with Gasteiger partial charge in [-0.25, -0.2) is 0 Å². The van der Waals surface area contributed by atoms with Crippen molar-refractivity contribution in [2.45, 2.75) is 13.3 Å². The SMILES string of the molecule is CCC(=O)NC1=Cc2ccccc2C1=O. The molecule has 0 saturated heterocycles. The van der Waals surface area contributed by atoms with Crippen molar-refractivity contribution in [3.8, 4) is 0 Å². The van der Waals surface area contributed by atoms with E-state index in [-0.39, 0.29) is 11.7 Å². The lowest BCUT2D eigenvalue weighted by Crippen LogP contribution is -2.24. The van der Waals surface area contributed by atoms with Crippen molar-refractivity contribution in [3.05, 3.63) is 41.1 Å². The zero-order valence-electron chi connectivity index (χ0n) is 8.41. The fraction of sp³-hybridized carbons (Fsp3) is 0.167. The monoisotopic (exact) mass is 201 g/mol. The molecule has 0 atom stereocenters. The molecule has 2 rings (SSSR count). The number of nitrogens with one attached hydrogen (secondary N) is 1. The van der Waals surface area contributed by atoms with E-state index in [0.29, 0.717) is 17.7 Å². The fourth-order valence-electron chi connectivity index (χ4n) is 1.53. The molecule has 1 aliphatic carbocycles. The van der Waals surface area contributed by atoms with E-state index in [1.54, 1.807) is 19.1 Å². The van der Waals surface area contributed by atoms with Crippen molar-refractivity contribution < 1.29 is 9.59 Å². The summed E-state index contributed by atoms with van der Waals surface area (Å²) in [5, 5.41) is 2.60. The lowest BCUT2D eigenvalue weighted by atomic mass is 10.1. The topological polar surface area (TPSA) is 46.2 Å². The van der Waals surface area contributed by atoms with Gasteiger partial charge in [-0.15, -0.1) is 0 Å². The number of hydrogen-bond donors (Lipinski definition) is 1. The quantitative estimate of drug-likeness (QED) is 0.792. The van der Waals surface area contributed by atoms with E-state index >= 15 is 0 Å². The zero-order valence-corrected chi connectivity index (χ0v) is 8.41. The molecule has 0 bridgehead atoms. The summed E-state index contributed by atoms with van der Waals surface area (Å²) in [6, 6.07) is 7.31. The Morgan fingerprint density at radius 3 is 2.73 bits per heavy atom. The first-order valence-corrected chi connectivity index (χ1v) is 4.87. The fourth-order valence-corrected chi connectivity index (χ4v) is 1.53. The van der Waals surface area contributed by atoms with Gasteiger partial charge in [0, 0.05) is 12.0 Å². The van der Waals surface area contributed by atoms with Gasteiger partial charge in [0.2, 0.25) is 11.7 Å². The molecule has 0 aromatic heterocycles. The molecule has 0 unspecified atom stereocenters. The third-order valence-corrected chi connectivity index (χ3v) is 2.35. The first-order chi connectivity index (χ1) is 7.22. The minimum absolute atomic E-state index is 0.104. The Bertz CT molecular complexity index is 460. The molecule has 0 radical (unpaired) electrons. The Morgan fingerprint density at radius 1 is 1.33 bits per heavy atom. The number of allylic oxidation sites excluding steroid dienone is 1. The molecule has 0 heterocycles. The third kappa shape index (κ3) is 1.68. The van der Waals surface area contributed by atoms with Gasteiger partial charge in [-0.05, 0) is 11.6 Å². The van der Waals surface area contributed by atoms with Crippen LogP contribution >= 0.6 is 0 Å². The normalized spacial score (nSPS) is 13.4. The molecule has 1 N–H and O–H groups in total. The number of carbonyl (C=O) groups excluding carboxylic acids is 2. The van der Waals surface area contributed by atoms with Crippen molar-refractivity contribution in [3.63, 3.8) is 0 Å². The molecule has 15 heavy (non-hydrogen) atoms. The predicted molar refractivity (Wildman–Crippen MR) is 57.2 cm³/mol. The molecule has 0 saturated carbocycles. The van der Waals surface area contributed by atoms with Crippen LogP contribution in [0, 0.1) is 0 Å². The second kappa shape index (κ2) is 3.69. The van der Waals surface area contributed by atoms with Crippen LogP contribution in [0.2, 0.25) is 0 Å². The summed E-state index contributed by atoms with van der Waals surface area (Å²) in [4.78, 5) is 22.9. The minimum Gasteiger partial charge on any atom is -0.323 e. The molecular formula is C12H11NO2. The van der Waals surface area contributed by atoms with Gasteiger partial charge in [-0.2, -0.15) is 0 Å². The number of hydrogen-bond acceptors (Lipinski definition) is 2. The van der Waals surface area contributed by atoms with Gasteiger partial charge in [0.15, 0.2) is 0 Å². The molecule has 1 amide bonds. The summed E-state index contributed by atoms with van der Waals surface area (Å²) >= 11 is 0. The maximum atomic E-state index is 11.8. The first-order valence-electron chi connectivity index (χ1n) is 4.87. The highest BCUT2D eigenvalue weighted by atomic mass is 16.2. The number of fused-ring (bicyclic) bond motifs is 1. The summed E-state index contributed by atoms with van der Waals surface area (Å²) in [6.07, 6.45) is 2.09. The highest BCUT2D eigenvalue weighted by Gasteiger charge is 2.22. The second-order valence-electron chi connectivity index (χ2n) is 3.38. The number of ketones is 1. The van der Waals surface area contributed by atoms with Crippen LogP contribution in [0.5, 0.6) is 0 Å². The van der Waals surface area contributed by atoms with Crippen LogP contribution in [0.25, 0.3) is 6.08 Å². The van der Waals surface area contributed by atoms with Gasteiger partial charge in [-0.3, -0.25) is 9.59 Å². The molecule has 1 aromatic carbocycles. The van der Waals surface area contributed by atoms with Gasteiger partial charge in [0.1, 0.15) is 0 Å². The maximum absolute atomic E-state index is 11.8. The molecular weight excluding hydrogens is 190 g/mol. The lowest BCUT2D eigenvalue weighted by Gasteiger charge is -2.01. The lowest BCUT2D eigenvalue weighted by molar-refractivity contribution is -0.120. The molecule has 76 valence electrons. The van der Waals surface area contributed by atoms with Crippen molar-refractivity contribution >= 4 is 17.8 Å². The van der Waals surface area contributed by atoms with E-state index in [1.165, 1.54) is 0 Å². The average Bonchev–Trinajstić information content (AvgIpc) is 2.57. The molecule has 0 aliphatic heterocycles. The van der Waals surface area contributed by atoms with Crippen LogP contribution in [-0.4, -0.2) is 11.7 Å². The molecule has 3 heteroatoms. The van der Waals surface area contributed by atoms with Gasteiger partial charge >= 0.3 is 0 Å². The van der Waals surface area contributed by atoms with Crippen LogP contribution < -0.4 is 5.32 Å². The highest BCUT2D eigenvalue weighted by Crippen LogP contribution is 2.22. The average molecular weight is 201 g/mol. The molecule has 3 nitrogen and oxygen atoms in total. The van der Waals surface area contributed by atoms with E-state index in [4.69, 9.17) is 0 Å². The van der Waals surface area contributed by atoms with Crippen LogP contribution in [0.4, 0.5) is 0 Å². The summed E-state index contributed by atoms with van der Waals surface area (Å²) < 4.78 is 0. The van der Waals surface area contributed by atoms with Gasteiger partial charge < -0.3 is 5.32 Å². The van der Waals surface area contributed by atoms with Crippen LogP contribution in [0.15, 0.2) is 30.0 Å². The molecule has 1 aromatic rings. The van der Waals surface area contributed by atoms with E-state index < -0.39 is 0 Å². The van der Waals surface area contributed by atoms with Gasteiger partial charge in [0.25, 0.3) is 0 Å². The number of benzene rings is 1. The smallest absolute Gasteiger partial charge is 0.224 e. The highest BCUT2D eigenvalue weighted by molar-refractivity contribution is 6.18. The third-order valence-electron chi connectivity index (χ3n) is 2.35. The Labute approximate surface area is 87.8 Å². The van der Waals surface area contributed by atoms with Crippen molar-refractivity contribution in [1.29, 1.82) is 0 Å². The number of amides is 1. The van der Waals surface area contributed by atoms with Crippen LogP contribution in [0.3, 0.4) is 0 Å². The Kier molecular flexibility index (Phi) is 2.37. The molecule has 0 fully saturated rings. The zero-order chi connectivity index (χ0) is 10.8. The largest absolute Gasteiger partial charge is 0.323 e. The second-order valence-corrected chi connectivity index (χ2v) is 3.38. The van der Waals surface area contributed by atoms with Crippen molar-refractivity contribution in [1.82, 2.24) is 5.32 Å². The minimum atomic E-state index is -0.137. The summed E-state index contributed by atoms with van der Waals surface area (Å²) in [5.74, 6) is -0.241. The molecule has 0 spiro atoms. The van der Waals surface area contributed by atoms with Crippen molar-refractivity contribution in [2.75, 3.05) is 0 Å². The Morgan fingerprint density at radius 2 is 2.07 bits per heavy atom. The van der Waals surface area contributed by atoms with E-state index in [9.17, 15) is 9.59 Å². The standard InChI is InChI=1S/C12H11NO2/c1-2-11(14)13-10-7-8-5-3-4-6-9(8)12(10)15/h3-7H,2H2,1H3,(H,13,14,15). The number of Topliss-reactive ketones (excluding diaryl/α,β-unsaturated/α-hetero) is 1. The van der Waals surface area contributed by atoms with Crippen molar-refractivity contribution in [2.24, 2.45) is 0 Å². The van der Waals surface area contributed by atoms with Gasteiger partial charge in [-0.1, -0.05) is 31.2 Å². The first kappa shape index (κ1) is 9.65. The van der Waals surface area contributed by atoms with Gasteiger partial charge in [0.05, 0.1) is 5.70 Å². The number of carbonyl (C=O) groups is 2. The molecule has 1 aliphatic rings. The van der Waals surface area contributed by atoms with Crippen LogP contribution in [-0.2, 0) is 4.79 Å². The van der Waals surface area contributed by atoms with E-state index in [1.807, 2.05) is 18.2 Å². The Balaban J connectivity index is 2.27. The predicted octanol–water partition coefficient (Wildman–Crippen LogP) is 1.75. The Hall–Kier alpha value is -1.90. The summed E-state index contributed by atoms with van der Waals surface area (Å²) in [5.41, 5.74) is 1.90. The van der Waals surface area contributed by atoms with Crippen LogP contribution in [0.1, 0.15) is 29.3 Å². The maximum Gasteiger partial charge on any atom is 0.224 e.